The van der Waals surface area contributed by atoms with Gasteiger partial charge >= 0.3 is 5.97 Å². The zero-order valence-corrected chi connectivity index (χ0v) is 10.3. The largest absolute Gasteiger partial charge is 0.507 e. The van der Waals surface area contributed by atoms with E-state index >= 15 is 0 Å². The molecule has 0 fully saturated rings. The Bertz CT molecular complexity index is 647. The van der Waals surface area contributed by atoms with Gasteiger partial charge in [-0.25, -0.2) is 13.2 Å². The molecule has 2 rings (SSSR count). The maximum Gasteiger partial charge on any atom is 0.328 e. The normalized spacial score (nSPS) is 17.8. The summed E-state index contributed by atoms with van der Waals surface area (Å²) in [7, 11) is -2.83. The lowest BCUT2D eigenvalue weighted by Crippen LogP contribution is -2.35. The molecule has 1 aromatic carbocycles. The van der Waals surface area contributed by atoms with Crippen molar-refractivity contribution >= 4 is 21.9 Å². The minimum Gasteiger partial charge on any atom is -0.507 e. The molecule has 1 unspecified atom stereocenters. The first-order valence-corrected chi connectivity index (χ1v) is 6.50. The molecular weight excluding hydrogens is 258 g/mol. The van der Waals surface area contributed by atoms with E-state index in [9.17, 15) is 18.3 Å². The van der Waals surface area contributed by atoms with Crippen molar-refractivity contribution in [1.29, 1.82) is 0 Å². The number of rotatable bonds is 2. The lowest BCUT2D eigenvalue weighted by molar-refractivity contribution is -0.141. The SMILES string of the molecule is COC(=O)C(N)C1=Cc2cccc(O)c2S1(=O)=O. The van der Waals surface area contributed by atoms with Crippen molar-refractivity contribution in [3.63, 3.8) is 0 Å². The molecule has 0 spiro atoms. The van der Waals surface area contributed by atoms with Crippen molar-refractivity contribution in [1.82, 2.24) is 0 Å². The number of phenolic OH excluding ortho intramolecular Hbond substituents is 1. The van der Waals surface area contributed by atoms with E-state index in [1.54, 1.807) is 0 Å². The van der Waals surface area contributed by atoms with E-state index in [1.165, 1.54) is 24.3 Å². The second kappa shape index (κ2) is 4.11. The summed E-state index contributed by atoms with van der Waals surface area (Å²) in [5.41, 5.74) is 5.84. The highest BCUT2D eigenvalue weighted by molar-refractivity contribution is 7.96. The zero-order valence-electron chi connectivity index (χ0n) is 9.45. The van der Waals surface area contributed by atoms with Crippen LogP contribution >= 0.6 is 0 Å². The van der Waals surface area contributed by atoms with Crippen LogP contribution in [0.2, 0.25) is 0 Å². The minimum atomic E-state index is -3.95. The number of aromatic hydroxyl groups is 1. The minimum absolute atomic E-state index is 0.223. The fourth-order valence-corrected chi connectivity index (χ4v) is 3.53. The van der Waals surface area contributed by atoms with Gasteiger partial charge in [-0.2, -0.15) is 0 Å². The predicted molar refractivity (Wildman–Crippen MR) is 63.3 cm³/mol. The number of fused-ring (bicyclic) bond motifs is 1. The Labute approximate surface area is 104 Å². The van der Waals surface area contributed by atoms with Crippen LogP contribution in [0.3, 0.4) is 0 Å². The summed E-state index contributed by atoms with van der Waals surface area (Å²) < 4.78 is 28.7. The number of methoxy groups -OCH3 is 1. The van der Waals surface area contributed by atoms with E-state index < -0.39 is 21.8 Å². The Kier molecular flexibility index (Phi) is 2.88. The zero-order chi connectivity index (χ0) is 13.5. The number of esters is 1. The molecule has 1 aromatic rings. The van der Waals surface area contributed by atoms with Gasteiger partial charge in [0.25, 0.3) is 0 Å². The third-order valence-electron chi connectivity index (χ3n) is 2.66. The van der Waals surface area contributed by atoms with Gasteiger partial charge in [-0.3, -0.25) is 0 Å². The third kappa shape index (κ3) is 1.68. The van der Waals surface area contributed by atoms with E-state index in [4.69, 9.17) is 5.73 Å². The molecule has 96 valence electrons. The maximum absolute atomic E-state index is 12.2. The number of nitrogens with two attached hydrogens (primary N) is 1. The number of sulfone groups is 1. The molecule has 0 radical (unpaired) electrons. The average molecular weight is 269 g/mol. The highest BCUT2D eigenvalue weighted by Gasteiger charge is 2.38. The summed E-state index contributed by atoms with van der Waals surface area (Å²) in [5, 5.41) is 9.59. The summed E-state index contributed by atoms with van der Waals surface area (Å²) in [6, 6.07) is 2.89. The third-order valence-corrected chi connectivity index (χ3v) is 4.64. The fourth-order valence-electron chi connectivity index (χ4n) is 1.80. The van der Waals surface area contributed by atoms with Gasteiger partial charge in [-0.05, 0) is 17.7 Å². The second-order valence-electron chi connectivity index (χ2n) is 3.75. The van der Waals surface area contributed by atoms with Gasteiger partial charge in [0, 0.05) is 0 Å². The molecule has 0 amide bonds. The Morgan fingerprint density at radius 1 is 1.44 bits per heavy atom. The number of ether oxygens (including phenoxy) is 1. The van der Waals surface area contributed by atoms with Gasteiger partial charge in [0.1, 0.15) is 16.7 Å². The first-order chi connectivity index (χ1) is 8.39. The Balaban J connectivity index is 2.58. The van der Waals surface area contributed by atoms with E-state index in [0.717, 1.165) is 7.11 Å². The topological polar surface area (TPSA) is 107 Å². The standard InChI is InChI=1S/C11H11NO5S/c1-17-11(14)9(12)8-5-6-3-2-4-7(13)10(6)18(8,15)16/h2-5,9,13H,12H2,1H3. The number of carbonyl (C=O) groups excluding carboxylic acids is 1. The van der Waals surface area contributed by atoms with E-state index in [2.05, 4.69) is 4.74 Å². The van der Waals surface area contributed by atoms with Gasteiger partial charge < -0.3 is 15.6 Å². The van der Waals surface area contributed by atoms with Crippen molar-refractivity contribution in [3.8, 4) is 5.75 Å². The van der Waals surface area contributed by atoms with Gasteiger partial charge in [0.15, 0.2) is 0 Å². The van der Waals surface area contributed by atoms with Gasteiger partial charge in [-0.15, -0.1) is 0 Å². The highest BCUT2D eigenvalue weighted by atomic mass is 32.2. The first-order valence-electron chi connectivity index (χ1n) is 5.01. The smallest absolute Gasteiger partial charge is 0.328 e. The molecule has 3 N–H and O–H groups in total. The van der Waals surface area contributed by atoms with Crippen molar-refractivity contribution in [2.45, 2.75) is 10.9 Å². The molecule has 1 aliphatic rings. The predicted octanol–water partition coefficient (Wildman–Crippen LogP) is 0.0207. The highest BCUT2D eigenvalue weighted by Crippen LogP contribution is 2.39. The fraction of sp³-hybridized carbons (Fsp3) is 0.182. The molecule has 7 heteroatoms. The number of hydrogen-bond donors (Lipinski definition) is 2. The lowest BCUT2D eigenvalue weighted by Gasteiger charge is -2.10. The maximum atomic E-state index is 12.2. The first kappa shape index (κ1) is 12.6. The van der Waals surface area contributed by atoms with Crippen molar-refractivity contribution in [2.24, 2.45) is 5.73 Å². The van der Waals surface area contributed by atoms with Crippen LogP contribution in [0.25, 0.3) is 6.08 Å². The van der Waals surface area contributed by atoms with Crippen LogP contribution in [0.1, 0.15) is 5.56 Å². The molecule has 1 atom stereocenters. The molecule has 0 saturated heterocycles. The molecule has 0 bridgehead atoms. The van der Waals surface area contributed by atoms with E-state index in [1.807, 2.05) is 0 Å². The summed E-state index contributed by atoms with van der Waals surface area (Å²) >= 11 is 0. The summed E-state index contributed by atoms with van der Waals surface area (Å²) in [6.45, 7) is 0. The van der Waals surface area contributed by atoms with Gasteiger partial charge in [-0.1, -0.05) is 12.1 Å². The number of hydrogen-bond acceptors (Lipinski definition) is 6. The summed E-state index contributed by atoms with van der Waals surface area (Å²) in [6.07, 6.45) is 1.27. The van der Waals surface area contributed by atoms with Crippen molar-refractivity contribution in [2.75, 3.05) is 7.11 Å². The van der Waals surface area contributed by atoms with Crippen LogP contribution in [-0.2, 0) is 19.4 Å². The van der Waals surface area contributed by atoms with Crippen LogP contribution in [0.5, 0.6) is 5.75 Å². The molecule has 6 nitrogen and oxygen atoms in total. The van der Waals surface area contributed by atoms with Crippen molar-refractivity contribution in [3.05, 3.63) is 28.7 Å². The van der Waals surface area contributed by atoms with E-state index in [-0.39, 0.29) is 15.6 Å². The quantitative estimate of drug-likeness (QED) is 0.733. The Morgan fingerprint density at radius 3 is 2.67 bits per heavy atom. The van der Waals surface area contributed by atoms with Crippen molar-refractivity contribution < 1.29 is 23.1 Å². The van der Waals surface area contributed by atoms with Crippen LogP contribution in [0, 0.1) is 0 Å². The Morgan fingerprint density at radius 2 is 2.11 bits per heavy atom. The summed E-state index contributed by atoms with van der Waals surface area (Å²) in [5.74, 6) is -1.21. The van der Waals surface area contributed by atoms with Gasteiger partial charge in [0.05, 0.1) is 12.0 Å². The molecule has 0 saturated carbocycles. The molecule has 0 aromatic heterocycles. The van der Waals surface area contributed by atoms with E-state index in [0.29, 0.717) is 5.56 Å². The average Bonchev–Trinajstić information content (AvgIpc) is 2.60. The molecule has 18 heavy (non-hydrogen) atoms. The van der Waals surface area contributed by atoms with Gasteiger partial charge in [0.2, 0.25) is 9.84 Å². The molecule has 0 aliphatic carbocycles. The number of phenols is 1. The Hall–Kier alpha value is -1.86. The molecule has 1 heterocycles. The number of carbonyl (C=O) groups is 1. The van der Waals surface area contributed by atoms with Crippen LogP contribution in [0.4, 0.5) is 0 Å². The molecule has 1 aliphatic heterocycles. The lowest BCUT2D eigenvalue weighted by atomic mass is 10.1. The summed E-state index contributed by atoms with van der Waals surface area (Å²) in [4.78, 5) is 10.8. The molecular formula is C11H11NO5S. The van der Waals surface area contributed by atoms with Crippen LogP contribution in [0.15, 0.2) is 28.0 Å². The monoisotopic (exact) mass is 269 g/mol. The second-order valence-corrected chi connectivity index (χ2v) is 5.63. The van der Waals surface area contributed by atoms with Crippen LogP contribution in [-0.4, -0.2) is 32.6 Å². The number of benzene rings is 1. The van der Waals surface area contributed by atoms with Crippen LogP contribution < -0.4 is 5.73 Å².